The van der Waals surface area contributed by atoms with Gasteiger partial charge in [0.2, 0.25) is 0 Å². The van der Waals surface area contributed by atoms with Crippen LogP contribution in [0.15, 0.2) is 72.8 Å². The van der Waals surface area contributed by atoms with Gasteiger partial charge in [-0.25, -0.2) is 0 Å². The summed E-state index contributed by atoms with van der Waals surface area (Å²) in [6.07, 6.45) is 0. The second kappa shape index (κ2) is 6.38. The molecule has 0 aliphatic carbocycles. The first-order valence-corrected chi connectivity index (χ1v) is 7.55. The van der Waals surface area contributed by atoms with Gasteiger partial charge < -0.3 is 11.5 Å². The van der Waals surface area contributed by atoms with Gasteiger partial charge in [-0.3, -0.25) is 10.8 Å². The molecular formula is C20H18N4. The smallest absolute Gasteiger partial charge is 0.122 e. The van der Waals surface area contributed by atoms with Crippen LogP contribution in [-0.2, 0) is 0 Å². The highest BCUT2D eigenvalue weighted by Gasteiger charge is 2.08. The Morgan fingerprint density at radius 3 is 1.17 bits per heavy atom. The van der Waals surface area contributed by atoms with E-state index in [4.69, 9.17) is 22.3 Å². The van der Waals surface area contributed by atoms with E-state index in [1.165, 1.54) is 0 Å². The monoisotopic (exact) mass is 314 g/mol. The highest BCUT2D eigenvalue weighted by Crippen LogP contribution is 2.32. The van der Waals surface area contributed by atoms with Gasteiger partial charge in [0.05, 0.1) is 0 Å². The van der Waals surface area contributed by atoms with Crippen LogP contribution in [0.25, 0.3) is 22.3 Å². The summed E-state index contributed by atoms with van der Waals surface area (Å²) in [6.45, 7) is 0. The summed E-state index contributed by atoms with van der Waals surface area (Å²) in [5.41, 5.74) is 16.8. The zero-order valence-electron chi connectivity index (χ0n) is 13.1. The fraction of sp³-hybridized carbons (Fsp3) is 0. The lowest BCUT2D eigenvalue weighted by Gasteiger charge is -2.11. The first-order valence-electron chi connectivity index (χ1n) is 7.55. The van der Waals surface area contributed by atoms with Gasteiger partial charge in [-0.05, 0) is 22.3 Å². The summed E-state index contributed by atoms with van der Waals surface area (Å²) in [4.78, 5) is 0. The van der Waals surface area contributed by atoms with E-state index < -0.39 is 0 Å². The first kappa shape index (κ1) is 15.5. The molecule has 0 saturated heterocycles. The fourth-order valence-electron chi connectivity index (χ4n) is 2.65. The lowest BCUT2D eigenvalue weighted by Crippen LogP contribution is -2.10. The molecule has 0 atom stereocenters. The molecule has 0 fully saturated rings. The van der Waals surface area contributed by atoms with Crippen LogP contribution in [0, 0.1) is 10.8 Å². The maximum atomic E-state index is 7.49. The SMILES string of the molecule is N=C(N)c1ccc(-c2ccccc2-c2ccc(C(=N)N)cc2)cc1. The molecule has 4 heteroatoms. The molecule has 0 heterocycles. The molecule has 0 aliphatic heterocycles. The van der Waals surface area contributed by atoms with Gasteiger partial charge in [0.1, 0.15) is 11.7 Å². The first-order chi connectivity index (χ1) is 11.6. The van der Waals surface area contributed by atoms with E-state index in [9.17, 15) is 0 Å². The van der Waals surface area contributed by atoms with Crippen LogP contribution >= 0.6 is 0 Å². The Morgan fingerprint density at radius 1 is 0.542 bits per heavy atom. The topological polar surface area (TPSA) is 99.7 Å². The lowest BCUT2D eigenvalue weighted by molar-refractivity contribution is 1.42. The molecule has 0 aliphatic rings. The van der Waals surface area contributed by atoms with Crippen molar-refractivity contribution in [3.63, 3.8) is 0 Å². The second-order valence-corrected chi connectivity index (χ2v) is 5.53. The zero-order chi connectivity index (χ0) is 17.1. The standard InChI is InChI=1S/C20H18N4/c21-19(22)15-9-5-13(6-10-15)17-3-1-2-4-18(17)14-7-11-16(12-8-14)20(23)24/h1-12H,(H3,21,22)(H3,23,24). The van der Waals surface area contributed by atoms with Gasteiger partial charge in [0.15, 0.2) is 0 Å². The van der Waals surface area contributed by atoms with Crippen molar-refractivity contribution in [2.24, 2.45) is 11.5 Å². The molecule has 118 valence electrons. The van der Waals surface area contributed by atoms with E-state index in [0.717, 1.165) is 22.3 Å². The molecule has 0 bridgehead atoms. The summed E-state index contributed by atoms with van der Waals surface area (Å²) in [6, 6.07) is 23.4. The van der Waals surface area contributed by atoms with Crippen molar-refractivity contribution in [1.29, 1.82) is 10.8 Å². The van der Waals surface area contributed by atoms with Gasteiger partial charge >= 0.3 is 0 Å². The van der Waals surface area contributed by atoms with Gasteiger partial charge in [-0.1, -0.05) is 72.8 Å². The van der Waals surface area contributed by atoms with Crippen LogP contribution in [0.3, 0.4) is 0 Å². The van der Waals surface area contributed by atoms with E-state index in [2.05, 4.69) is 12.1 Å². The number of hydrogen-bond acceptors (Lipinski definition) is 2. The highest BCUT2D eigenvalue weighted by atomic mass is 14.7. The third kappa shape index (κ3) is 3.03. The van der Waals surface area contributed by atoms with E-state index in [1.807, 2.05) is 60.7 Å². The average Bonchev–Trinajstić information content (AvgIpc) is 2.62. The molecular weight excluding hydrogens is 296 g/mol. The van der Waals surface area contributed by atoms with Crippen LogP contribution in [0.1, 0.15) is 11.1 Å². The van der Waals surface area contributed by atoms with Crippen molar-refractivity contribution < 1.29 is 0 Å². The van der Waals surface area contributed by atoms with Crippen molar-refractivity contribution in [3.8, 4) is 22.3 Å². The minimum atomic E-state index is 0.0645. The molecule has 0 saturated carbocycles. The van der Waals surface area contributed by atoms with Crippen LogP contribution in [0.5, 0.6) is 0 Å². The third-order valence-corrected chi connectivity index (χ3v) is 3.94. The zero-order valence-corrected chi connectivity index (χ0v) is 13.1. The third-order valence-electron chi connectivity index (χ3n) is 3.94. The van der Waals surface area contributed by atoms with E-state index >= 15 is 0 Å². The minimum Gasteiger partial charge on any atom is -0.384 e. The van der Waals surface area contributed by atoms with E-state index in [1.54, 1.807) is 0 Å². The summed E-state index contributed by atoms with van der Waals surface area (Å²) >= 11 is 0. The second-order valence-electron chi connectivity index (χ2n) is 5.53. The Labute approximate surface area is 140 Å². The largest absolute Gasteiger partial charge is 0.384 e. The number of nitrogen functional groups attached to an aromatic ring is 2. The number of rotatable bonds is 4. The summed E-state index contributed by atoms with van der Waals surface area (Å²) in [5.74, 6) is 0.129. The molecule has 0 unspecified atom stereocenters. The quantitative estimate of drug-likeness (QED) is 0.437. The summed E-state index contributed by atoms with van der Waals surface area (Å²) in [5, 5.41) is 15.0. The van der Waals surface area contributed by atoms with Crippen LogP contribution in [0.2, 0.25) is 0 Å². The predicted molar refractivity (Wildman–Crippen MR) is 99.3 cm³/mol. The average molecular weight is 314 g/mol. The maximum Gasteiger partial charge on any atom is 0.122 e. The number of benzene rings is 3. The Balaban J connectivity index is 2.04. The number of amidine groups is 2. The Kier molecular flexibility index (Phi) is 4.12. The molecule has 4 nitrogen and oxygen atoms in total. The molecule has 3 aromatic rings. The molecule has 0 aromatic heterocycles. The Morgan fingerprint density at radius 2 is 0.875 bits per heavy atom. The Bertz CT molecular complexity index is 817. The number of nitrogens with two attached hydrogens (primary N) is 2. The van der Waals surface area contributed by atoms with Crippen molar-refractivity contribution >= 4 is 11.7 Å². The van der Waals surface area contributed by atoms with E-state index in [0.29, 0.717) is 11.1 Å². The molecule has 0 spiro atoms. The van der Waals surface area contributed by atoms with Crippen LogP contribution < -0.4 is 11.5 Å². The molecule has 0 amide bonds. The Hall–Kier alpha value is -3.40. The van der Waals surface area contributed by atoms with Crippen LogP contribution in [0.4, 0.5) is 0 Å². The van der Waals surface area contributed by atoms with Crippen molar-refractivity contribution in [2.45, 2.75) is 0 Å². The predicted octanol–water partition coefficient (Wildman–Crippen LogP) is 3.59. The van der Waals surface area contributed by atoms with Gasteiger partial charge in [-0.2, -0.15) is 0 Å². The molecule has 0 radical (unpaired) electrons. The minimum absolute atomic E-state index is 0.0645. The van der Waals surface area contributed by atoms with Crippen molar-refractivity contribution in [1.82, 2.24) is 0 Å². The van der Waals surface area contributed by atoms with Crippen LogP contribution in [-0.4, -0.2) is 11.7 Å². The highest BCUT2D eigenvalue weighted by molar-refractivity contribution is 5.96. The van der Waals surface area contributed by atoms with E-state index in [-0.39, 0.29) is 11.7 Å². The molecule has 3 rings (SSSR count). The van der Waals surface area contributed by atoms with Gasteiger partial charge in [-0.15, -0.1) is 0 Å². The lowest BCUT2D eigenvalue weighted by atomic mass is 9.93. The van der Waals surface area contributed by atoms with Crippen molar-refractivity contribution in [3.05, 3.63) is 83.9 Å². The fourth-order valence-corrected chi connectivity index (χ4v) is 2.65. The molecule has 24 heavy (non-hydrogen) atoms. The molecule has 6 N–H and O–H groups in total. The van der Waals surface area contributed by atoms with Gasteiger partial charge in [0, 0.05) is 11.1 Å². The summed E-state index contributed by atoms with van der Waals surface area (Å²) in [7, 11) is 0. The maximum absolute atomic E-state index is 7.49. The number of hydrogen-bond donors (Lipinski definition) is 4. The summed E-state index contributed by atoms with van der Waals surface area (Å²) < 4.78 is 0. The normalized spacial score (nSPS) is 10.3. The molecule has 3 aromatic carbocycles. The number of nitrogens with one attached hydrogen (secondary N) is 2. The van der Waals surface area contributed by atoms with Gasteiger partial charge in [0.25, 0.3) is 0 Å². The van der Waals surface area contributed by atoms with Crippen molar-refractivity contribution in [2.75, 3.05) is 0 Å².